The first-order chi connectivity index (χ1) is 9.02. The average molecular weight is 295 g/mol. The Bertz CT molecular complexity index is 745. The average Bonchev–Trinajstić information content (AvgIpc) is 2.62. The highest BCUT2D eigenvalue weighted by molar-refractivity contribution is 8.02. The minimum absolute atomic E-state index is 0.191. The Morgan fingerprint density at radius 1 is 1.26 bits per heavy atom. The molecule has 3 rings (SSSR count). The number of aromatic nitrogens is 1. The standard InChI is InChI=1S/C13H11ClN2O2S/c1-8-4-2-3-5-10(8)19(18)11-6-9(14)7-15-12(11)13(17)16-19/h2-7,19H,1H3,(H,16,17,18). The van der Waals surface area contributed by atoms with Crippen LogP contribution in [0.3, 0.4) is 0 Å². The van der Waals surface area contributed by atoms with Crippen LogP contribution in [0.1, 0.15) is 16.1 Å². The zero-order chi connectivity index (χ0) is 13.6. The summed E-state index contributed by atoms with van der Waals surface area (Å²) in [5.74, 6) is -0.418. The highest BCUT2D eigenvalue weighted by Crippen LogP contribution is 2.35. The molecule has 0 fully saturated rings. The third-order valence-corrected chi connectivity index (χ3v) is 6.03. The van der Waals surface area contributed by atoms with Gasteiger partial charge in [-0.1, -0.05) is 29.8 Å². The molecule has 1 aliphatic heterocycles. The number of rotatable bonds is 1. The zero-order valence-corrected chi connectivity index (χ0v) is 11.7. The van der Waals surface area contributed by atoms with E-state index in [9.17, 15) is 9.00 Å². The fourth-order valence-corrected chi connectivity index (χ4v) is 4.98. The molecule has 0 atom stereocenters. The topological polar surface area (TPSA) is 59.1 Å². The molecular formula is C13H11ClN2O2S. The van der Waals surface area contributed by atoms with Gasteiger partial charge < -0.3 is 0 Å². The summed E-state index contributed by atoms with van der Waals surface area (Å²) in [5, 5.41) is 0.365. The number of thiol groups is 1. The van der Waals surface area contributed by atoms with Gasteiger partial charge in [-0.05, 0) is 24.6 Å². The van der Waals surface area contributed by atoms with Crippen LogP contribution in [0.2, 0.25) is 5.02 Å². The second-order valence-electron chi connectivity index (χ2n) is 4.36. The molecule has 1 aliphatic rings. The number of nitrogens with one attached hydrogen (secondary N) is 1. The van der Waals surface area contributed by atoms with Crippen LogP contribution in [0.4, 0.5) is 0 Å². The lowest BCUT2D eigenvalue weighted by molar-refractivity contribution is 0.0980. The van der Waals surface area contributed by atoms with Crippen LogP contribution in [-0.4, -0.2) is 15.1 Å². The number of pyridine rings is 1. The molecular weight excluding hydrogens is 284 g/mol. The number of halogens is 1. The molecule has 0 spiro atoms. The van der Waals surface area contributed by atoms with Crippen molar-refractivity contribution in [1.29, 1.82) is 0 Å². The molecule has 98 valence electrons. The summed E-state index contributed by atoms with van der Waals surface area (Å²) in [5.41, 5.74) is 1.05. The number of hydrogen-bond donors (Lipinski definition) is 2. The fourth-order valence-electron chi connectivity index (χ4n) is 2.21. The van der Waals surface area contributed by atoms with Gasteiger partial charge in [0.15, 0.2) is 0 Å². The first-order valence-electron chi connectivity index (χ1n) is 5.67. The molecule has 2 heterocycles. The maximum Gasteiger partial charge on any atom is 0.281 e. The van der Waals surface area contributed by atoms with Gasteiger partial charge in [-0.3, -0.25) is 13.7 Å². The molecule has 1 N–H and O–H groups in total. The van der Waals surface area contributed by atoms with Gasteiger partial charge >= 0.3 is 0 Å². The van der Waals surface area contributed by atoms with Gasteiger partial charge in [0.05, 0.1) is 9.92 Å². The quantitative estimate of drug-likeness (QED) is 0.792. The normalized spacial score (nSPS) is 17.7. The molecule has 2 aromatic rings. The number of nitrogens with zero attached hydrogens (tertiary/aromatic N) is 1. The predicted molar refractivity (Wildman–Crippen MR) is 74.0 cm³/mol. The fraction of sp³-hybridized carbons (Fsp3) is 0.0769. The molecule has 1 aromatic heterocycles. The van der Waals surface area contributed by atoms with Gasteiger partial charge in [0.2, 0.25) is 0 Å². The van der Waals surface area contributed by atoms with Gasteiger partial charge in [0.1, 0.15) is 5.69 Å². The van der Waals surface area contributed by atoms with Crippen molar-refractivity contribution in [2.45, 2.75) is 16.7 Å². The van der Waals surface area contributed by atoms with Crippen LogP contribution in [0, 0.1) is 6.92 Å². The van der Waals surface area contributed by atoms with E-state index in [1.807, 2.05) is 19.1 Å². The van der Waals surface area contributed by atoms with E-state index >= 15 is 0 Å². The molecule has 0 bridgehead atoms. The Morgan fingerprint density at radius 2 is 2.00 bits per heavy atom. The minimum atomic E-state index is -3.18. The van der Waals surface area contributed by atoms with Crippen molar-refractivity contribution < 1.29 is 9.00 Å². The molecule has 6 heteroatoms. The number of carbonyl (C=O) groups is 1. The summed E-state index contributed by atoms with van der Waals surface area (Å²) < 4.78 is 15.8. The summed E-state index contributed by atoms with van der Waals surface area (Å²) >= 11 is 5.90. The molecule has 0 saturated carbocycles. The van der Waals surface area contributed by atoms with E-state index in [4.69, 9.17) is 11.6 Å². The molecule has 1 amide bonds. The molecule has 19 heavy (non-hydrogen) atoms. The molecule has 4 nitrogen and oxygen atoms in total. The van der Waals surface area contributed by atoms with Crippen molar-refractivity contribution in [2.24, 2.45) is 0 Å². The number of amides is 1. The Labute approximate surface area is 116 Å². The van der Waals surface area contributed by atoms with E-state index in [2.05, 4.69) is 9.71 Å². The maximum absolute atomic E-state index is 13.2. The van der Waals surface area contributed by atoms with Gasteiger partial charge in [-0.25, -0.2) is 4.98 Å². The van der Waals surface area contributed by atoms with Crippen molar-refractivity contribution >= 4 is 27.6 Å². The van der Waals surface area contributed by atoms with Crippen molar-refractivity contribution in [2.75, 3.05) is 0 Å². The number of fused-ring (bicyclic) bond motifs is 1. The largest absolute Gasteiger partial charge is 0.285 e. The summed E-state index contributed by atoms with van der Waals surface area (Å²) in [6.45, 7) is 1.86. The van der Waals surface area contributed by atoms with Gasteiger partial charge in [0, 0.05) is 21.2 Å². The van der Waals surface area contributed by atoms with Crippen molar-refractivity contribution in [3.05, 3.63) is 52.8 Å². The predicted octanol–water partition coefficient (Wildman–Crippen LogP) is 2.14. The summed E-state index contributed by atoms with van der Waals surface area (Å²) in [7, 11) is -3.18. The van der Waals surface area contributed by atoms with Crippen molar-refractivity contribution in [3.8, 4) is 0 Å². The van der Waals surface area contributed by atoms with Crippen LogP contribution in [0.25, 0.3) is 0 Å². The lowest BCUT2D eigenvalue weighted by atomic mass is 10.2. The zero-order valence-electron chi connectivity index (χ0n) is 10.1. The number of hydrogen-bond acceptors (Lipinski definition) is 3. The molecule has 0 radical (unpaired) electrons. The van der Waals surface area contributed by atoms with Crippen LogP contribution in [0.5, 0.6) is 0 Å². The molecule has 1 aromatic carbocycles. The lowest BCUT2D eigenvalue weighted by Gasteiger charge is -2.21. The van der Waals surface area contributed by atoms with E-state index in [0.717, 1.165) is 5.56 Å². The van der Waals surface area contributed by atoms with Crippen LogP contribution < -0.4 is 4.72 Å². The smallest absolute Gasteiger partial charge is 0.281 e. The second kappa shape index (κ2) is 4.15. The summed E-state index contributed by atoms with van der Waals surface area (Å²) in [4.78, 5) is 16.9. The molecule has 0 aliphatic carbocycles. The number of benzene rings is 1. The van der Waals surface area contributed by atoms with E-state index in [1.54, 1.807) is 18.2 Å². The van der Waals surface area contributed by atoms with Gasteiger partial charge in [0.25, 0.3) is 5.91 Å². The van der Waals surface area contributed by atoms with E-state index in [1.165, 1.54) is 6.20 Å². The van der Waals surface area contributed by atoms with E-state index < -0.39 is 16.0 Å². The summed E-state index contributed by atoms with van der Waals surface area (Å²) in [6.07, 6.45) is 1.38. The highest BCUT2D eigenvalue weighted by atomic mass is 35.5. The second-order valence-corrected chi connectivity index (χ2v) is 7.20. The third-order valence-electron chi connectivity index (χ3n) is 3.10. The minimum Gasteiger partial charge on any atom is -0.285 e. The SMILES string of the molecule is Cc1ccccc1[SH]1(=O)NC(=O)c2ncc(Cl)cc21. The van der Waals surface area contributed by atoms with Gasteiger partial charge in [-0.15, -0.1) is 0 Å². The van der Waals surface area contributed by atoms with Crippen molar-refractivity contribution in [1.82, 2.24) is 9.71 Å². The maximum atomic E-state index is 13.2. The molecule has 0 unspecified atom stereocenters. The first-order valence-corrected chi connectivity index (χ1v) is 7.76. The lowest BCUT2D eigenvalue weighted by Crippen LogP contribution is -2.29. The van der Waals surface area contributed by atoms with E-state index in [-0.39, 0.29) is 5.69 Å². The Hall–Kier alpha value is -1.72. The third kappa shape index (κ3) is 1.77. The summed E-state index contributed by atoms with van der Waals surface area (Å²) in [6, 6.07) is 8.82. The van der Waals surface area contributed by atoms with Crippen LogP contribution in [-0.2, 0) is 10.1 Å². The van der Waals surface area contributed by atoms with Crippen LogP contribution >= 0.6 is 11.6 Å². The number of aryl methyl sites for hydroxylation is 1. The Morgan fingerprint density at radius 3 is 2.74 bits per heavy atom. The first kappa shape index (κ1) is 12.3. The Kier molecular flexibility index (Phi) is 2.69. The van der Waals surface area contributed by atoms with Crippen molar-refractivity contribution in [3.63, 3.8) is 0 Å². The van der Waals surface area contributed by atoms with Crippen LogP contribution in [0.15, 0.2) is 46.3 Å². The highest BCUT2D eigenvalue weighted by Gasteiger charge is 2.36. The number of carbonyl (C=O) groups excluding carboxylic acids is 1. The monoisotopic (exact) mass is 294 g/mol. The Balaban J connectivity index is 2.30. The molecule has 0 saturated heterocycles. The van der Waals surface area contributed by atoms with E-state index in [0.29, 0.717) is 14.8 Å². The van der Waals surface area contributed by atoms with Gasteiger partial charge in [-0.2, -0.15) is 0 Å².